The molecule has 5 nitrogen and oxygen atoms in total. The molecule has 0 atom stereocenters. The Morgan fingerprint density at radius 3 is 2.67 bits per heavy atom. The van der Waals surface area contributed by atoms with Gasteiger partial charge in [-0.1, -0.05) is 23.2 Å². The molecule has 21 heavy (non-hydrogen) atoms. The summed E-state index contributed by atoms with van der Waals surface area (Å²) < 4.78 is 4.93. The number of hydrogen-bond donors (Lipinski definition) is 1. The molecule has 2 amide bonds. The van der Waals surface area contributed by atoms with Crippen molar-refractivity contribution in [2.75, 3.05) is 32.1 Å². The fraction of sp³-hybridized carbons (Fsp3) is 0.429. The molecule has 1 aromatic carbocycles. The van der Waals surface area contributed by atoms with Crippen molar-refractivity contribution < 1.29 is 14.3 Å². The van der Waals surface area contributed by atoms with Crippen molar-refractivity contribution in [2.24, 2.45) is 0 Å². The maximum atomic E-state index is 12.0. The van der Waals surface area contributed by atoms with Crippen molar-refractivity contribution in [2.45, 2.75) is 13.3 Å². The Hall–Kier alpha value is -1.30. The Labute approximate surface area is 134 Å². The number of nitrogens with zero attached hydrogens (tertiary/aromatic N) is 1. The van der Waals surface area contributed by atoms with Gasteiger partial charge in [-0.25, -0.2) is 0 Å². The summed E-state index contributed by atoms with van der Waals surface area (Å²) in [4.78, 5) is 24.9. The molecular formula is C14H18Cl2N2O3. The van der Waals surface area contributed by atoms with Crippen LogP contribution in [0.15, 0.2) is 18.2 Å². The van der Waals surface area contributed by atoms with E-state index in [-0.39, 0.29) is 18.4 Å². The average molecular weight is 333 g/mol. The second-order valence-corrected chi connectivity index (χ2v) is 5.30. The summed E-state index contributed by atoms with van der Waals surface area (Å²) in [6.45, 7) is 2.37. The molecule has 116 valence electrons. The number of ether oxygens (including phenoxy) is 1. The Bertz CT molecular complexity index is 509. The third kappa shape index (κ3) is 6.33. The van der Waals surface area contributed by atoms with E-state index in [1.54, 1.807) is 25.3 Å². The van der Waals surface area contributed by atoms with Crippen LogP contribution in [0, 0.1) is 0 Å². The molecule has 7 heteroatoms. The normalized spacial score (nSPS) is 10.3. The van der Waals surface area contributed by atoms with Crippen molar-refractivity contribution in [1.29, 1.82) is 0 Å². The van der Waals surface area contributed by atoms with Gasteiger partial charge in [0.15, 0.2) is 0 Å². The lowest BCUT2D eigenvalue weighted by molar-refractivity contribution is -0.132. The zero-order valence-corrected chi connectivity index (χ0v) is 13.5. The zero-order valence-electron chi connectivity index (χ0n) is 12.0. The minimum absolute atomic E-state index is 0.0398. The molecule has 0 bridgehead atoms. The van der Waals surface area contributed by atoms with E-state index in [2.05, 4.69) is 5.32 Å². The van der Waals surface area contributed by atoms with E-state index in [1.807, 2.05) is 0 Å². The lowest BCUT2D eigenvalue weighted by atomic mass is 10.3. The first kappa shape index (κ1) is 17.8. The highest BCUT2D eigenvalue weighted by Crippen LogP contribution is 2.25. The summed E-state index contributed by atoms with van der Waals surface area (Å²) in [6, 6.07) is 4.79. The Morgan fingerprint density at radius 1 is 1.33 bits per heavy atom. The molecule has 0 aliphatic carbocycles. The molecule has 0 spiro atoms. The number of halogens is 2. The van der Waals surface area contributed by atoms with Crippen molar-refractivity contribution >= 4 is 40.7 Å². The van der Waals surface area contributed by atoms with Gasteiger partial charge in [0.2, 0.25) is 11.8 Å². The molecule has 0 unspecified atom stereocenters. The van der Waals surface area contributed by atoms with E-state index in [0.717, 1.165) is 0 Å². The van der Waals surface area contributed by atoms with Crippen LogP contribution in [0.2, 0.25) is 10.0 Å². The predicted octanol–water partition coefficient (Wildman–Crippen LogP) is 2.82. The van der Waals surface area contributed by atoms with Crippen molar-refractivity contribution in [3.05, 3.63) is 28.2 Å². The van der Waals surface area contributed by atoms with Gasteiger partial charge in [0.25, 0.3) is 0 Å². The third-order valence-corrected chi connectivity index (χ3v) is 3.32. The van der Waals surface area contributed by atoms with Crippen LogP contribution >= 0.6 is 23.2 Å². The molecule has 1 rings (SSSR count). The Morgan fingerprint density at radius 2 is 2.05 bits per heavy atom. The topological polar surface area (TPSA) is 58.6 Å². The molecule has 0 aliphatic heterocycles. The lowest BCUT2D eigenvalue weighted by Gasteiger charge is -2.20. The van der Waals surface area contributed by atoms with Crippen LogP contribution in [0.5, 0.6) is 0 Å². The largest absolute Gasteiger partial charge is 0.385 e. The Balaban J connectivity index is 2.61. The zero-order chi connectivity index (χ0) is 15.8. The van der Waals surface area contributed by atoms with Gasteiger partial charge in [-0.2, -0.15) is 0 Å². The van der Waals surface area contributed by atoms with Gasteiger partial charge >= 0.3 is 0 Å². The van der Waals surface area contributed by atoms with E-state index < -0.39 is 0 Å². The molecule has 0 fully saturated rings. The molecule has 0 aromatic heterocycles. The molecule has 0 saturated carbocycles. The average Bonchev–Trinajstić information content (AvgIpc) is 2.42. The minimum atomic E-state index is -0.327. The fourth-order valence-corrected chi connectivity index (χ4v) is 2.04. The highest BCUT2D eigenvalue weighted by molar-refractivity contribution is 6.35. The first-order valence-corrected chi connectivity index (χ1v) is 7.19. The molecule has 1 aromatic rings. The standard InChI is InChI=1S/C14H18Cl2N2O3/c1-10(19)18(6-3-7-21-2)9-14(20)17-13-8-11(15)4-5-12(13)16/h4-5,8H,3,6-7,9H2,1-2H3,(H,17,20). The summed E-state index contributed by atoms with van der Waals surface area (Å²) in [7, 11) is 1.59. The number of carbonyl (C=O) groups is 2. The number of methoxy groups -OCH3 is 1. The fourth-order valence-electron chi connectivity index (χ4n) is 1.70. The number of hydrogen-bond acceptors (Lipinski definition) is 3. The number of anilines is 1. The first-order chi connectivity index (χ1) is 9.93. The summed E-state index contributed by atoms with van der Waals surface area (Å²) in [5.74, 6) is -0.495. The van der Waals surface area contributed by atoms with Gasteiger partial charge in [-0.05, 0) is 24.6 Å². The number of rotatable bonds is 7. The van der Waals surface area contributed by atoms with E-state index in [9.17, 15) is 9.59 Å². The van der Waals surface area contributed by atoms with Gasteiger partial charge in [-0.15, -0.1) is 0 Å². The third-order valence-electron chi connectivity index (χ3n) is 2.76. The predicted molar refractivity (Wildman–Crippen MR) is 83.8 cm³/mol. The van der Waals surface area contributed by atoms with Crippen LogP contribution < -0.4 is 5.32 Å². The second-order valence-electron chi connectivity index (χ2n) is 4.46. The number of benzene rings is 1. The minimum Gasteiger partial charge on any atom is -0.385 e. The van der Waals surface area contributed by atoms with E-state index in [0.29, 0.717) is 35.3 Å². The molecule has 1 N–H and O–H groups in total. The SMILES string of the molecule is COCCCN(CC(=O)Nc1cc(Cl)ccc1Cl)C(C)=O. The van der Waals surface area contributed by atoms with Gasteiger partial charge in [0.1, 0.15) is 0 Å². The molecule has 0 radical (unpaired) electrons. The summed E-state index contributed by atoms with van der Waals surface area (Å²) >= 11 is 11.8. The van der Waals surface area contributed by atoms with Crippen LogP contribution in [0.3, 0.4) is 0 Å². The van der Waals surface area contributed by atoms with Gasteiger partial charge in [0.05, 0.1) is 17.3 Å². The van der Waals surface area contributed by atoms with Crippen LogP contribution in [-0.4, -0.2) is 43.5 Å². The second kappa shape index (κ2) is 8.87. The molecule has 0 heterocycles. The van der Waals surface area contributed by atoms with Crippen molar-refractivity contribution in [3.8, 4) is 0 Å². The quantitative estimate of drug-likeness (QED) is 0.781. The van der Waals surface area contributed by atoms with Crippen LogP contribution in [0.1, 0.15) is 13.3 Å². The van der Waals surface area contributed by atoms with Gasteiger partial charge in [0, 0.05) is 32.2 Å². The molecule has 0 aliphatic rings. The highest BCUT2D eigenvalue weighted by Gasteiger charge is 2.14. The maximum Gasteiger partial charge on any atom is 0.244 e. The Kier molecular flexibility index (Phi) is 7.50. The molecular weight excluding hydrogens is 315 g/mol. The highest BCUT2D eigenvalue weighted by atomic mass is 35.5. The van der Waals surface area contributed by atoms with E-state index in [1.165, 1.54) is 11.8 Å². The lowest BCUT2D eigenvalue weighted by Crippen LogP contribution is -2.37. The summed E-state index contributed by atoms with van der Waals surface area (Å²) in [5.41, 5.74) is 0.426. The smallest absolute Gasteiger partial charge is 0.244 e. The number of nitrogens with one attached hydrogen (secondary N) is 1. The number of amides is 2. The maximum absolute atomic E-state index is 12.0. The van der Waals surface area contributed by atoms with E-state index >= 15 is 0 Å². The van der Waals surface area contributed by atoms with Gasteiger partial charge in [-0.3, -0.25) is 9.59 Å². The van der Waals surface area contributed by atoms with Crippen molar-refractivity contribution in [1.82, 2.24) is 4.90 Å². The van der Waals surface area contributed by atoms with E-state index in [4.69, 9.17) is 27.9 Å². The summed E-state index contributed by atoms with van der Waals surface area (Å²) in [5, 5.41) is 3.51. The van der Waals surface area contributed by atoms with Crippen molar-refractivity contribution in [3.63, 3.8) is 0 Å². The van der Waals surface area contributed by atoms with Crippen LogP contribution in [0.25, 0.3) is 0 Å². The number of carbonyl (C=O) groups excluding carboxylic acids is 2. The first-order valence-electron chi connectivity index (χ1n) is 6.43. The van der Waals surface area contributed by atoms with Crippen LogP contribution in [0.4, 0.5) is 5.69 Å². The van der Waals surface area contributed by atoms with Crippen LogP contribution in [-0.2, 0) is 14.3 Å². The molecule has 0 saturated heterocycles. The summed E-state index contributed by atoms with van der Waals surface area (Å²) in [6.07, 6.45) is 0.668. The monoisotopic (exact) mass is 332 g/mol. The van der Waals surface area contributed by atoms with Gasteiger partial charge < -0.3 is 15.0 Å².